The van der Waals surface area contributed by atoms with E-state index in [0.29, 0.717) is 16.3 Å². The zero-order valence-corrected chi connectivity index (χ0v) is 12.2. The number of hydrogen-bond donors (Lipinski definition) is 1. The fourth-order valence-corrected chi connectivity index (χ4v) is 2.64. The summed E-state index contributed by atoms with van der Waals surface area (Å²) in [6, 6.07) is 14.8. The minimum absolute atomic E-state index is 0.0991. The summed E-state index contributed by atoms with van der Waals surface area (Å²) in [5, 5.41) is 1.40. The molecule has 2 aromatic carbocycles. The molecule has 1 amide bonds. The SMILES string of the molecule is O=S=NC(=O)c1[nH]c2ccc(Cl)cc2c1-c1ccccc1. The van der Waals surface area contributed by atoms with Gasteiger partial charge in [-0.15, -0.1) is 4.36 Å². The number of aromatic amines is 1. The molecule has 0 spiro atoms. The lowest BCUT2D eigenvalue weighted by Crippen LogP contribution is -1.96. The summed E-state index contributed by atoms with van der Waals surface area (Å²) in [4.78, 5) is 15.1. The summed E-state index contributed by atoms with van der Waals surface area (Å²) in [5.74, 6) is -0.582. The number of carbonyl (C=O) groups is 1. The molecule has 104 valence electrons. The molecule has 6 heteroatoms. The third-order valence-electron chi connectivity index (χ3n) is 3.16. The predicted molar refractivity (Wildman–Crippen MR) is 83.6 cm³/mol. The van der Waals surface area contributed by atoms with Gasteiger partial charge in [0.05, 0.1) is 0 Å². The number of nitrogens with zero attached hydrogens (tertiary/aromatic N) is 1. The van der Waals surface area contributed by atoms with Gasteiger partial charge in [0.1, 0.15) is 5.69 Å². The van der Waals surface area contributed by atoms with Crippen molar-refractivity contribution in [2.45, 2.75) is 0 Å². The van der Waals surface area contributed by atoms with Crippen LogP contribution < -0.4 is 0 Å². The number of fused-ring (bicyclic) bond motifs is 1. The van der Waals surface area contributed by atoms with Crippen LogP contribution in [0, 0.1) is 0 Å². The molecule has 4 nitrogen and oxygen atoms in total. The molecule has 0 bridgehead atoms. The minimum atomic E-state index is -0.582. The lowest BCUT2D eigenvalue weighted by Gasteiger charge is -2.02. The fraction of sp³-hybridized carbons (Fsp3) is 0. The first-order valence-corrected chi connectivity index (χ1v) is 7.19. The van der Waals surface area contributed by atoms with E-state index in [4.69, 9.17) is 11.6 Å². The molecule has 0 aliphatic rings. The van der Waals surface area contributed by atoms with E-state index < -0.39 is 5.91 Å². The van der Waals surface area contributed by atoms with Crippen molar-refractivity contribution in [1.82, 2.24) is 4.98 Å². The summed E-state index contributed by atoms with van der Waals surface area (Å²) >= 11 is 5.95. The van der Waals surface area contributed by atoms with Crippen LogP contribution in [0.4, 0.5) is 0 Å². The van der Waals surface area contributed by atoms with Gasteiger partial charge in [0.2, 0.25) is 11.5 Å². The van der Waals surface area contributed by atoms with E-state index in [1.54, 1.807) is 18.2 Å². The summed E-state index contributed by atoms with van der Waals surface area (Å²) in [5.41, 5.74) is 2.63. The van der Waals surface area contributed by atoms with Crippen molar-refractivity contribution in [3.63, 3.8) is 0 Å². The highest BCUT2D eigenvalue weighted by Gasteiger charge is 2.19. The average Bonchev–Trinajstić information content (AvgIpc) is 2.87. The summed E-state index contributed by atoms with van der Waals surface area (Å²) < 4.78 is 13.9. The Hall–Kier alpha value is -2.24. The van der Waals surface area contributed by atoms with Gasteiger partial charge in [-0.2, -0.15) is 4.21 Å². The Labute approximate surface area is 129 Å². The molecular formula is C15H9ClN2O2S. The second-order valence-electron chi connectivity index (χ2n) is 4.40. The van der Waals surface area contributed by atoms with Gasteiger partial charge in [-0.3, -0.25) is 4.79 Å². The number of carbonyl (C=O) groups excluding carboxylic acids is 1. The fourth-order valence-electron chi connectivity index (χ4n) is 2.31. The Morgan fingerprint density at radius 3 is 2.62 bits per heavy atom. The average molecular weight is 317 g/mol. The second-order valence-corrected chi connectivity index (χ2v) is 5.17. The number of nitrogens with one attached hydrogen (secondary N) is 1. The minimum Gasteiger partial charge on any atom is -0.350 e. The van der Waals surface area contributed by atoms with Crippen LogP contribution in [0.1, 0.15) is 10.5 Å². The monoisotopic (exact) mass is 316 g/mol. The maximum Gasteiger partial charge on any atom is 0.307 e. The number of aromatic nitrogens is 1. The van der Waals surface area contributed by atoms with Crippen LogP contribution in [0.2, 0.25) is 5.02 Å². The smallest absolute Gasteiger partial charge is 0.307 e. The second kappa shape index (κ2) is 5.63. The Kier molecular flexibility index (Phi) is 3.68. The maximum absolute atomic E-state index is 12.0. The number of halogens is 1. The molecule has 0 atom stereocenters. The molecule has 0 aliphatic heterocycles. The number of H-pyrrole nitrogens is 1. The number of benzene rings is 2. The van der Waals surface area contributed by atoms with E-state index in [2.05, 4.69) is 9.35 Å². The third kappa shape index (κ3) is 2.53. The molecule has 1 N–H and O–H groups in total. The van der Waals surface area contributed by atoms with Crippen LogP contribution in [0.15, 0.2) is 52.9 Å². The zero-order chi connectivity index (χ0) is 14.8. The van der Waals surface area contributed by atoms with Gasteiger partial charge in [-0.25, -0.2) is 0 Å². The lowest BCUT2D eigenvalue weighted by atomic mass is 10.0. The summed E-state index contributed by atoms with van der Waals surface area (Å²) in [7, 11) is 0. The molecule has 1 heterocycles. The lowest BCUT2D eigenvalue weighted by molar-refractivity contribution is 0.100. The first kappa shape index (κ1) is 13.7. The van der Waals surface area contributed by atoms with E-state index in [-0.39, 0.29) is 11.5 Å². The van der Waals surface area contributed by atoms with E-state index in [9.17, 15) is 9.00 Å². The molecule has 3 aromatic rings. The molecule has 1 aromatic heterocycles. The van der Waals surface area contributed by atoms with Gasteiger partial charge in [-0.05, 0) is 23.8 Å². The first-order valence-electron chi connectivity index (χ1n) is 6.11. The number of amides is 1. The molecule has 0 radical (unpaired) electrons. The molecule has 0 fully saturated rings. The van der Waals surface area contributed by atoms with Crippen molar-refractivity contribution in [2.75, 3.05) is 0 Å². The van der Waals surface area contributed by atoms with Gasteiger partial charge in [-0.1, -0.05) is 41.9 Å². The van der Waals surface area contributed by atoms with Crippen molar-refractivity contribution in [2.24, 2.45) is 4.36 Å². The van der Waals surface area contributed by atoms with Crippen molar-refractivity contribution in [3.8, 4) is 11.1 Å². The Morgan fingerprint density at radius 1 is 1.14 bits per heavy atom. The van der Waals surface area contributed by atoms with Crippen molar-refractivity contribution >= 4 is 39.9 Å². The summed E-state index contributed by atoms with van der Waals surface area (Å²) in [6.07, 6.45) is 0. The van der Waals surface area contributed by atoms with E-state index in [1.165, 1.54) is 0 Å². The van der Waals surface area contributed by atoms with E-state index in [1.807, 2.05) is 30.3 Å². The summed E-state index contributed by atoms with van der Waals surface area (Å²) in [6.45, 7) is 0. The molecule has 0 unspecified atom stereocenters. The van der Waals surface area contributed by atoms with Gasteiger partial charge in [0.25, 0.3) is 0 Å². The molecule has 3 rings (SSSR count). The highest BCUT2D eigenvalue weighted by Crippen LogP contribution is 2.34. The maximum atomic E-state index is 12.0. The standard InChI is InChI=1S/C15H9ClN2O2S/c16-10-6-7-12-11(8-10)13(9-4-2-1-3-5-9)14(17-12)15(19)18-21-20/h1-8,17H. The molecular weight excluding hydrogens is 308 g/mol. The van der Waals surface area contributed by atoms with Gasteiger partial charge >= 0.3 is 5.91 Å². The molecule has 0 saturated heterocycles. The Balaban J connectivity index is 2.37. The van der Waals surface area contributed by atoms with Crippen molar-refractivity contribution in [1.29, 1.82) is 0 Å². The topological polar surface area (TPSA) is 62.3 Å². The molecule has 21 heavy (non-hydrogen) atoms. The van der Waals surface area contributed by atoms with Gasteiger partial charge < -0.3 is 4.98 Å². The highest BCUT2D eigenvalue weighted by molar-refractivity contribution is 7.55. The highest BCUT2D eigenvalue weighted by atomic mass is 35.5. The zero-order valence-electron chi connectivity index (χ0n) is 10.7. The first-order chi connectivity index (χ1) is 10.2. The largest absolute Gasteiger partial charge is 0.350 e. The van der Waals surface area contributed by atoms with Crippen LogP contribution in [0.3, 0.4) is 0 Å². The van der Waals surface area contributed by atoms with Crippen LogP contribution >= 0.6 is 11.6 Å². The number of hydrogen-bond acceptors (Lipinski definition) is 2. The predicted octanol–water partition coefficient (Wildman–Crippen LogP) is 4.03. The van der Waals surface area contributed by atoms with Gasteiger partial charge in [0.15, 0.2) is 0 Å². The normalized spacial score (nSPS) is 10.5. The Bertz CT molecular complexity index is 883. The molecule has 0 aliphatic carbocycles. The molecule has 0 saturated carbocycles. The van der Waals surface area contributed by atoms with Crippen LogP contribution in [0.25, 0.3) is 22.0 Å². The van der Waals surface area contributed by atoms with Crippen molar-refractivity contribution < 1.29 is 9.00 Å². The number of rotatable bonds is 2. The van der Waals surface area contributed by atoms with Crippen LogP contribution in [-0.2, 0) is 11.5 Å². The van der Waals surface area contributed by atoms with Crippen molar-refractivity contribution in [3.05, 3.63) is 59.2 Å². The van der Waals surface area contributed by atoms with E-state index >= 15 is 0 Å². The van der Waals surface area contributed by atoms with Gasteiger partial charge in [0, 0.05) is 21.5 Å². The third-order valence-corrected chi connectivity index (χ3v) is 3.63. The van der Waals surface area contributed by atoms with E-state index in [0.717, 1.165) is 16.5 Å². The quantitative estimate of drug-likeness (QED) is 0.776. The van der Waals surface area contributed by atoms with Crippen LogP contribution in [-0.4, -0.2) is 15.1 Å². The Morgan fingerprint density at radius 2 is 1.90 bits per heavy atom. The van der Waals surface area contributed by atoms with Crippen LogP contribution in [0.5, 0.6) is 0 Å².